The van der Waals surface area contributed by atoms with Gasteiger partial charge in [0, 0.05) is 12.6 Å². The Morgan fingerprint density at radius 2 is 1.79 bits per heavy atom. The van der Waals surface area contributed by atoms with Gasteiger partial charge in [0.2, 0.25) is 5.95 Å². The lowest BCUT2D eigenvalue weighted by molar-refractivity contribution is 0.996. The lowest BCUT2D eigenvalue weighted by atomic mass is 10.1. The molecule has 100 valence electrons. The van der Waals surface area contributed by atoms with E-state index in [1.807, 2.05) is 0 Å². The lowest BCUT2D eigenvalue weighted by Gasteiger charge is -2.08. The number of aryl methyl sites for hydroxylation is 2. The standard InChI is InChI=1S/C14H17ClN4/c1-9-5-10(2)7-11(6-9)3-4-17-13-8-12(15)18-14(16)19-13/h5-8H,3-4H2,1-2H3,(H3,16,17,18,19). The van der Waals surface area contributed by atoms with Gasteiger partial charge < -0.3 is 11.1 Å². The molecule has 4 nitrogen and oxygen atoms in total. The second-order valence-corrected chi connectivity index (χ2v) is 4.99. The quantitative estimate of drug-likeness (QED) is 0.843. The molecule has 0 saturated carbocycles. The van der Waals surface area contributed by atoms with Crippen molar-refractivity contribution in [3.8, 4) is 0 Å². The van der Waals surface area contributed by atoms with Crippen molar-refractivity contribution in [3.05, 3.63) is 46.1 Å². The van der Waals surface area contributed by atoms with E-state index in [4.69, 9.17) is 17.3 Å². The molecule has 1 heterocycles. The fourth-order valence-electron chi connectivity index (χ4n) is 2.07. The zero-order valence-corrected chi connectivity index (χ0v) is 11.8. The molecule has 2 aromatic rings. The minimum Gasteiger partial charge on any atom is -0.370 e. The van der Waals surface area contributed by atoms with Gasteiger partial charge in [-0.1, -0.05) is 40.9 Å². The van der Waals surface area contributed by atoms with Crippen molar-refractivity contribution in [1.29, 1.82) is 0 Å². The molecule has 3 N–H and O–H groups in total. The molecule has 0 radical (unpaired) electrons. The van der Waals surface area contributed by atoms with Gasteiger partial charge in [0.15, 0.2) is 0 Å². The van der Waals surface area contributed by atoms with Crippen molar-refractivity contribution in [3.63, 3.8) is 0 Å². The average Bonchev–Trinajstić information content (AvgIpc) is 2.26. The zero-order chi connectivity index (χ0) is 13.8. The predicted octanol–water partition coefficient (Wildman–Crippen LogP) is 2.98. The van der Waals surface area contributed by atoms with E-state index in [9.17, 15) is 0 Å². The maximum atomic E-state index is 5.82. The van der Waals surface area contributed by atoms with Crippen LogP contribution in [0.4, 0.5) is 11.8 Å². The second-order valence-electron chi connectivity index (χ2n) is 4.61. The van der Waals surface area contributed by atoms with Crippen molar-refractivity contribution in [2.24, 2.45) is 0 Å². The molecule has 0 aliphatic carbocycles. The average molecular weight is 277 g/mol. The minimum atomic E-state index is 0.182. The first kappa shape index (κ1) is 13.6. The van der Waals surface area contributed by atoms with E-state index < -0.39 is 0 Å². The summed E-state index contributed by atoms with van der Waals surface area (Å²) in [6, 6.07) is 8.22. The second kappa shape index (κ2) is 5.89. The number of aromatic nitrogens is 2. The van der Waals surface area contributed by atoms with E-state index in [1.165, 1.54) is 16.7 Å². The number of nitrogen functional groups attached to an aromatic ring is 1. The van der Waals surface area contributed by atoms with E-state index in [1.54, 1.807) is 6.07 Å². The summed E-state index contributed by atoms with van der Waals surface area (Å²) in [6.45, 7) is 4.99. The van der Waals surface area contributed by atoms with Crippen LogP contribution in [-0.4, -0.2) is 16.5 Å². The van der Waals surface area contributed by atoms with E-state index in [0.717, 1.165) is 13.0 Å². The van der Waals surface area contributed by atoms with Crippen LogP contribution >= 0.6 is 11.6 Å². The number of hydrogen-bond donors (Lipinski definition) is 2. The van der Waals surface area contributed by atoms with Gasteiger partial charge in [-0.25, -0.2) is 4.98 Å². The van der Waals surface area contributed by atoms with Crippen LogP contribution in [-0.2, 0) is 6.42 Å². The molecule has 0 aliphatic heterocycles. The Kier molecular flexibility index (Phi) is 4.22. The number of rotatable bonds is 4. The number of halogens is 1. The Hall–Kier alpha value is -1.81. The van der Waals surface area contributed by atoms with Gasteiger partial charge >= 0.3 is 0 Å². The normalized spacial score (nSPS) is 10.5. The molecular formula is C14H17ClN4. The first-order valence-electron chi connectivity index (χ1n) is 6.14. The van der Waals surface area contributed by atoms with Crippen LogP contribution < -0.4 is 11.1 Å². The molecule has 0 fully saturated rings. The summed E-state index contributed by atoms with van der Waals surface area (Å²) in [7, 11) is 0. The topological polar surface area (TPSA) is 63.8 Å². The summed E-state index contributed by atoms with van der Waals surface area (Å²) in [6.07, 6.45) is 0.921. The van der Waals surface area contributed by atoms with Crippen molar-refractivity contribution < 1.29 is 0 Å². The fraction of sp³-hybridized carbons (Fsp3) is 0.286. The molecule has 0 spiro atoms. The van der Waals surface area contributed by atoms with Crippen molar-refractivity contribution in [2.75, 3.05) is 17.6 Å². The summed E-state index contributed by atoms with van der Waals surface area (Å²) in [4.78, 5) is 7.89. The molecular weight excluding hydrogens is 260 g/mol. The van der Waals surface area contributed by atoms with Crippen LogP contribution in [0.5, 0.6) is 0 Å². The Morgan fingerprint density at radius 1 is 1.11 bits per heavy atom. The van der Waals surface area contributed by atoms with Gasteiger partial charge in [0.25, 0.3) is 0 Å². The van der Waals surface area contributed by atoms with Crippen LogP contribution in [0.2, 0.25) is 5.15 Å². The third-order valence-corrected chi connectivity index (χ3v) is 2.91. The summed E-state index contributed by atoms with van der Waals surface area (Å²) in [5, 5.41) is 3.55. The molecule has 0 bridgehead atoms. The van der Waals surface area contributed by atoms with Crippen molar-refractivity contribution in [1.82, 2.24) is 9.97 Å². The van der Waals surface area contributed by atoms with Crippen LogP contribution in [0, 0.1) is 13.8 Å². The third-order valence-electron chi connectivity index (χ3n) is 2.71. The highest BCUT2D eigenvalue weighted by molar-refractivity contribution is 6.29. The Bertz CT molecular complexity index is 492. The van der Waals surface area contributed by atoms with Gasteiger partial charge in [0.05, 0.1) is 0 Å². The van der Waals surface area contributed by atoms with E-state index >= 15 is 0 Å². The van der Waals surface area contributed by atoms with E-state index in [2.05, 4.69) is 47.3 Å². The van der Waals surface area contributed by atoms with Crippen molar-refractivity contribution in [2.45, 2.75) is 20.3 Å². The smallest absolute Gasteiger partial charge is 0.223 e. The monoisotopic (exact) mass is 276 g/mol. The highest BCUT2D eigenvalue weighted by Gasteiger charge is 2.01. The zero-order valence-electron chi connectivity index (χ0n) is 11.1. The molecule has 0 saturated heterocycles. The van der Waals surface area contributed by atoms with Crippen molar-refractivity contribution >= 4 is 23.4 Å². The van der Waals surface area contributed by atoms with E-state index in [0.29, 0.717) is 11.0 Å². The minimum absolute atomic E-state index is 0.182. The summed E-state index contributed by atoms with van der Waals surface area (Å²) in [5.74, 6) is 0.836. The predicted molar refractivity (Wildman–Crippen MR) is 79.6 cm³/mol. The van der Waals surface area contributed by atoms with E-state index in [-0.39, 0.29) is 5.95 Å². The SMILES string of the molecule is Cc1cc(C)cc(CCNc2cc(Cl)nc(N)n2)c1. The largest absolute Gasteiger partial charge is 0.370 e. The molecule has 0 aliphatic rings. The first-order chi connectivity index (χ1) is 9.02. The molecule has 19 heavy (non-hydrogen) atoms. The van der Waals surface area contributed by atoms with Crippen LogP contribution in [0.1, 0.15) is 16.7 Å². The molecule has 1 aromatic heterocycles. The first-order valence-corrected chi connectivity index (χ1v) is 6.52. The molecule has 0 unspecified atom stereocenters. The summed E-state index contributed by atoms with van der Waals surface area (Å²) < 4.78 is 0. The van der Waals surface area contributed by atoms with Gasteiger partial charge in [-0.2, -0.15) is 4.98 Å². The Morgan fingerprint density at radius 3 is 2.42 bits per heavy atom. The third kappa shape index (κ3) is 4.10. The number of nitrogens with zero attached hydrogens (tertiary/aromatic N) is 2. The fourth-order valence-corrected chi connectivity index (χ4v) is 2.26. The number of nitrogens with one attached hydrogen (secondary N) is 1. The molecule has 1 aromatic carbocycles. The van der Waals surface area contributed by atoms with Gasteiger partial charge in [-0.05, 0) is 25.8 Å². The highest BCUT2D eigenvalue weighted by atomic mass is 35.5. The number of benzene rings is 1. The van der Waals surface area contributed by atoms with Gasteiger partial charge in [-0.15, -0.1) is 0 Å². The number of nitrogens with two attached hydrogens (primary N) is 1. The number of hydrogen-bond acceptors (Lipinski definition) is 4. The van der Waals surface area contributed by atoms with Crippen LogP contribution in [0.3, 0.4) is 0 Å². The maximum absolute atomic E-state index is 5.82. The summed E-state index contributed by atoms with van der Waals surface area (Å²) >= 11 is 5.82. The maximum Gasteiger partial charge on any atom is 0.223 e. The van der Waals surface area contributed by atoms with Gasteiger partial charge in [0.1, 0.15) is 11.0 Å². The van der Waals surface area contributed by atoms with Crippen LogP contribution in [0.15, 0.2) is 24.3 Å². The molecule has 2 rings (SSSR count). The Labute approximate surface area is 118 Å². The van der Waals surface area contributed by atoms with Gasteiger partial charge in [-0.3, -0.25) is 0 Å². The molecule has 0 atom stereocenters. The number of anilines is 2. The van der Waals surface area contributed by atoms with Crippen LogP contribution in [0.25, 0.3) is 0 Å². The molecule has 0 amide bonds. The Balaban J connectivity index is 1.96. The highest BCUT2D eigenvalue weighted by Crippen LogP contribution is 2.13. The summed E-state index contributed by atoms with van der Waals surface area (Å²) in [5.41, 5.74) is 9.40. The molecule has 5 heteroatoms. The lowest BCUT2D eigenvalue weighted by Crippen LogP contribution is -2.08.